The van der Waals surface area contributed by atoms with Crippen molar-refractivity contribution in [3.63, 3.8) is 0 Å². The highest BCUT2D eigenvalue weighted by Crippen LogP contribution is 2.27. The van der Waals surface area contributed by atoms with Crippen LogP contribution < -0.4 is 20.2 Å². The zero-order chi connectivity index (χ0) is 23.6. The Hall–Kier alpha value is -3.78. The molecule has 0 bridgehead atoms. The van der Waals surface area contributed by atoms with Crippen LogP contribution in [-0.2, 0) is 16.0 Å². The fourth-order valence-electron chi connectivity index (χ4n) is 3.02. The van der Waals surface area contributed by atoms with Crippen molar-refractivity contribution < 1.29 is 23.5 Å². The summed E-state index contributed by atoms with van der Waals surface area (Å²) >= 11 is 5.99. The first-order chi connectivity index (χ1) is 16.0. The van der Waals surface area contributed by atoms with Crippen molar-refractivity contribution in [2.45, 2.75) is 12.8 Å². The van der Waals surface area contributed by atoms with Gasteiger partial charge < -0.3 is 19.2 Å². The van der Waals surface area contributed by atoms with Crippen molar-refractivity contribution in [1.82, 2.24) is 10.7 Å². The second kappa shape index (κ2) is 11.7. The molecule has 0 atom stereocenters. The number of hydrazone groups is 1. The molecule has 3 aromatic rings. The van der Waals surface area contributed by atoms with Gasteiger partial charge in [0.05, 0.1) is 20.4 Å². The van der Waals surface area contributed by atoms with E-state index in [0.29, 0.717) is 41.0 Å². The lowest BCUT2D eigenvalue weighted by atomic mass is 10.1. The highest BCUT2D eigenvalue weighted by molar-refractivity contribution is 6.30. The summed E-state index contributed by atoms with van der Waals surface area (Å²) in [6.45, 7) is 0.379. The first kappa shape index (κ1) is 23.9. The van der Waals surface area contributed by atoms with Gasteiger partial charge in [-0.15, -0.1) is 0 Å². The predicted octanol–water partition coefficient (Wildman–Crippen LogP) is 3.82. The minimum atomic E-state index is -0.531. The van der Waals surface area contributed by atoms with E-state index in [2.05, 4.69) is 15.8 Å². The van der Waals surface area contributed by atoms with Crippen molar-refractivity contribution in [2.24, 2.45) is 5.10 Å². The maximum Gasteiger partial charge on any atom is 0.249 e. The van der Waals surface area contributed by atoms with Gasteiger partial charge in [-0.1, -0.05) is 29.8 Å². The van der Waals surface area contributed by atoms with E-state index in [0.717, 1.165) is 11.1 Å². The van der Waals surface area contributed by atoms with Gasteiger partial charge in [0.2, 0.25) is 11.8 Å². The summed E-state index contributed by atoms with van der Waals surface area (Å²) in [6, 6.07) is 16.3. The first-order valence-corrected chi connectivity index (χ1v) is 10.5. The number of carbonyl (C=O) groups excluding carboxylic acids is 2. The number of halogens is 1. The van der Waals surface area contributed by atoms with Gasteiger partial charge in [0.15, 0.2) is 11.5 Å². The molecule has 0 aliphatic heterocycles. The number of furan rings is 1. The lowest BCUT2D eigenvalue weighted by Gasteiger charge is -2.10. The number of hydrogen-bond donors (Lipinski definition) is 2. The lowest BCUT2D eigenvalue weighted by molar-refractivity contribution is -0.129. The Bertz CT molecular complexity index is 1140. The molecule has 9 heteroatoms. The van der Waals surface area contributed by atoms with Gasteiger partial charge in [-0.2, -0.15) is 5.10 Å². The van der Waals surface area contributed by atoms with Crippen LogP contribution in [0.25, 0.3) is 11.3 Å². The van der Waals surface area contributed by atoms with Crippen LogP contribution in [0.3, 0.4) is 0 Å². The number of amides is 2. The molecule has 2 amide bonds. The molecule has 1 heterocycles. The number of carbonyl (C=O) groups is 2. The second-order valence-corrected chi connectivity index (χ2v) is 7.41. The van der Waals surface area contributed by atoms with Gasteiger partial charge in [0.1, 0.15) is 17.9 Å². The number of nitrogens with one attached hydrogen (secondary N) is 2. The van der Waals surface area contributed by atoms with Crippen molar-refractivity contribution in [3.8, 4) is 22.8 Å². The number of hydrogen-bond acceptors (Lipinski definition) is 6. The van der Waals surface area contributed by atoms with Gasteiger partial charge >= 0.3 is 0 Å². The van der Waals surface area contributed by atoms with Crippen molar-refractivity contribution in [1.29, 1.82) is 0 Å². The highest BCUT2D eigenvalue weighted by Gasteiger charge is 2.10. The molecular formula is C24H24ClN3O5. The predicted molar refractivity (Wildman–Crippen MR) is 126 cm³/mol. The minimum absolute atomic E-state index is 0.338. The van der Waals surface area contributed by atoms with Crippen LogP contribution in [0.5, 0.6) is 11.5 Å². The SMILES string of the molecule is COc1ccc(CCNC(=O)CC(=O)N/N=C\c2ccc(-c3cccc(Cl)c3)o2)cc1OC. The van der Waals surface area contributed by atoms with E-state index in [1.807, 2.05) is 24.3 Å². The number of benzene rings is 2. The summed E-state index contributed by atoms with van der Waals surface area (Å²) in [5.74, 6) is 1.40. The van der Waals surface area contributed by atoms with Crippen molar-refractivity contribution in [2.75, 3.05) is 20.8 Å². The minimum Gasteiger partial charge on any atom is -0.493 e. The number of nitrogens with zero attached hydrogens (tertiary/aromatic N) is 1. The molecule has 0 saturated carbocycles. The fraction of sp³-hybridized carbons (Fsp3) is 0.208. The third-order valence-electron chi connectivity index (χ3n) is 4.62. The van der Waals surface area contributed by atoms with E-state index >= 15 is 0 Å². The zero-order valence-corrected chi connectivity index (χ0v) is 19.0. The Kier molecular flexibility index (Phi) is 8.49. The van der Waals surface area contributed by atoms with Crippen molar-refractivity contribution >= 4 is 29.6 Å². The quantitative estimate of drug-likeness (QED) is 0.267. The maximum absolute atomic E-state index is 12.0. The Morgan fingerprint density at radius 2 is 1.85 bits per heavy atom. The van der Waals surface area contributed by atoms with Crippen LogP contribution in [0.1, 0.15) is 17.7 Å². The molecule has 0 aliphatic carbocycles. The maximum atomic E-state index is 12.0. The van der Waals surface area contributed by atoms with Crippen LogP contribution in [0, 0.1) is 0 Å². The summed E-state index contributed by atoms with van der Waals surface area (Å²) in [5.41, 5.74) is 4.11. The van der Waals surface area contributed by atoms with E-state index in [-0.39, 0.29) is 6.42 Å². The molecule has 0 aliphatic rings. The normalized spacial score (nSPS) is 10.8. The Balaban J connectivity index is 1.41. The molecule has 33 heavy (non-hydrogen) atoms. The summed E-state index contributed by atoms with van der Waals surface area (Å²) in [6.07, 6.45) is 1.61. The van der Waals surface area contributed by atoms with Gasteiger partial charge in [-0.05, 0) is 48.4 Å². The Labute approximate surface area is 196 Å². The largest absolute Gasteiger partial charge is 0.493 e. The topological polar surface area (TPSA) is 102 Å². The van der Waals surface area contributed by atoms with E-state index in [4.69, 9.17) is 25.5 Å². The number of methoxy groups -OCH3 is 2. The molecule has 8 nitrogen and oxygen atoms in total. The third-order valence-corrected chi connectivity index (χ3v) is 4.86. The Morgan fingerprint density at radius 3 is 2.61 bits per heavy atom. The average Bonchev–Trinajstić information content (AvgIpc) is 3.28. The van der Waals surface area contributed by atoms with Crippen LogP contribution in [-0.4, -0.2) is 38.8 Å². The molecule has 0 radical (unpaired) electrons. The van der Waals surface area contributed by atoms with Crippen LogP contribution >= 0.6 is 11.6 Å². The molecule has 0 fully saturated rings. The summed E-state index contributed by atoms with van der Waals surface area (Å²) in [7, 11) is 3.13. The zero-order valence-electron chi connectivity index (χ0n) is 18.3. The second-order valence-electron chi connectivity index (χ2n) is 6.97. The molecular weight excluding hydrogens is 446 g/mol. The summed E-state index contributed by atoms with van der Waals surface area (Å²) < 4.78 is 16.1. The smallest absolute Gasteiger partial charge is 0.249 e. The standard InChI is InChI=1S/C24H24ClN3O5/c1-31-21-8-6-16(12-22(21)32-2)10-11-26-23(29)14-24(30)28-27-15-19-7-9-20(33-19)17-4-3-5-18(25)13-17/h3-9,12-13,15H,10-11,14H2,1-2H3,(H,26,29)(H,28,30)/b27-15-. The molecule has 1 aromatic heterocycles. The van der Waals surface area contributed by atoms with Crippen LogP contribution in [0.2, 0.25) is 5.02 Å². The van der Waals surface area contributed by atoms with Gasteiger partial charge in [0, 0.05) is 17.1 Å². The molecule has 0 spiro atoms. The van der Waals surface area contributed by atoms with Gasteiger partial charge in [-0.3, -0.25) is 9.59 Å². The van der Waals surface area contributed by atoms with E-state index in [9.17, 15) is 9.59 Å². The fourth-order valence-corrected chi connectivity index (χ4v) is 3.21. The summed E-state index contributed by atoms with van der Waals surface area (Å²) in [4.78, 5) is 23.9. The average molecular weight is 470 g/mol. The van der Waals surface area contributed by atoms with E-state index < -0.39 is 11.8 Å². The highest BCUT2D eigenvalue weighted by atomic mass is 35.5. The Morgan fingerprint density at radius 1 is 1.03 bits per heavy atom. The number of ether oxygens (including phenoxy) is 2. The molecule has 172 valence electrons. The molecule has 0 saturated heterocycles. The summed E-state index contributed by atoms with van der Waals surface area (Å²) in [5, 5.41) is 7.15. The van der Waals surface area contributed by atoms with E-state index in [1.165, 1.54) is 6.21 Å². The van der Waals surface area contributed by atoms with Gasteiger partial charge in [-0.25, -0.2) is 5.43 Å². The van der Waals surface area contributed by atoms with E-state index in [1.54, 1.807) is 44.6 Å². The molecule has 2 N–H and O–H groups in total. The molecule has 2 aromatic carbocycles. The van der Waals surface area contributed by atoms with Crippen LogP contribution in [0.15, 0.2) is 64.1 Å². The van der Waals surface area contributed by atoms with Gasteiger partial charge in [0.25, 0.3) is 0 Å². The van der Waals surface area contributed by atoms with Crippen LogP contribution in [0.4, 0.5) is 0 Å². The number of rotatable bonds is 10. The van der Waals surface area contributed by atoms with Crippen molar-refractivity contribution in [3.05, 3.63) is 70.9 Å². The third kappa shape index (κ3) is 7.11. The molecule has 3 rings (SSSR count). The molecule has 0 unspecified atom stereocenters. The first-order valence-electron chi connectivity index (χ1n) is 10.1. The lowest BCUT2D eigenvalue weighted by Crippen LogP contribution is -2.31. The monoisotopic (exact) mass is 469 g/mol.